The first kappa shape index (κ1) is 31.9. The second-order valence-corrected chi connectivity index (χ2v) is 12.1. The molecule has 3 nitrogen and oxygen atoms in total. The number of carbonyl (C=O) groups excluding carboxylic acids is 1. The predicted octanol–water partition coefficient (Wildman–Crippen LogP) is 11.1. The van der Waals surface area contributed by atoms with E-state index in [-0.39, 0.29) is 0 Å². The summed E-state index contributed by atoms with van der Waals surface area (Å²) in [6, 6.07) is 15.9. The van der Waals surface area contributed by atoms with Crippen molar-refractivity contribution >= 4 is 5.97 Å². The molecule has 0 unspecified atom stereocenters. The molecule has 0 atom stereocenters. The molecular formula is C37H53NO2. The van der Waals surface area contributed by atoms with Gasteiger partial charge in [-0.1, -0.05) is 116 Å². The van der Waals surface area contributed by atoms with Crippen molar-refractivity contribution in [3.63, 3.8) is 0 Å². The summed E-state index contributed by atoms with van der Waals surface area (Å²) in [5.41, 5.74) is 3.44. The van der Waals surface area contributed by atoms with Gasteiger partial charge in [-0.25, -0.2) is 4.79 Å². The van der Waals surface area contributed by atoms with Crippen molar-refractivity contribution in [2.24, 2.45) is 5.92 Å². The number of hydrogen-bond acceptors (Lipinski definition) is 3. The van der Waals surface area contributed by atoms with Crippen molar-refractivity contribution in [2.75, 3.05) is 0 Å². The van der Waals surface area contributed by atoms with E-state index in [4.69, 9.17) is 4.74 Å². The van der Waals surface area contributed by atoms with Crippen LogP contribution in [0, 0.1) is 17.2 Å². The molecule has 0 N–H and O–H groups in total. The molecule has 0 radical (unpaired) electrons. The van der Waals surface area contributed by atoms with E-state index in [9.17, 15) is 10.1 Å². The Balaban J connectivity index is 1.42. The molecule has 3 rings (SSSR count). The van der Waals surface area contributed by atoms with Gasteiger partial charge in [0.25, 0.3) is 0 Å². The Morgan fingerprint density at radius 1 is 0.775 bits per heavy atom. The second kappa shape index (κ2) is 18.7. The summed E-state index contributed by atoms with van der Waals surface area (Å²) in [6.07, 6.45) is 24.7. The highest BCUT2D eigenvalue weighted by molar-refractivity contribution is 5.91. The number of esters is 1. The Morgan fingerprint density at radius 2 is 1.38 bits per heavy atom. The molecule has 0 heterocycles. The molecule has 3 heteroatoms. The standard InChI is InChI=1S/C37H53NO2/c1-3-5-7-9-11-13-15-17-31-20-27-36(35(28-31)29-38)40-37(39)34-25-23-33(24-26-34)32-21-18-30(19-22-32)16-14-12-10-8-6-4-2/h20,23-28,30,32H,3-19,21-22H2,1-2H3. The molecule has 0 aromatic heterocycles. The third kappa shape index (κ3) is 11.1. The van der Waals surface area contributed by atoms with E-state index in [0.717, 1.165) is 24.3 Å². The Kier molecular flexibility index (Phi) is 14.9. The lowest BCUT2D eigenvalue weighted by molar-refractivity contribution is 0.0734. The van der Waals surface area contributed by atoms with Crippen LogP contribution in [0.1, 0.15) is 162 Å². The van der Waals surface area contributed by atoms with Crippen LogP contribution in [0.25, 0.3) is 0 Å². The van der Waals surface area contributed by atoms with Gasteiger partial charge in [0, 0.05) is 0 Å². The summed E-state index contributed by atoms with van der Waals surface area (Å²) in [5.74, 6) is 1.45. The summed E-state index contributed by atoms with van der Waals surface area (Å²) >= 11 is 0. The number of nitriles is 1. The molecule has 0 amide bonds. The van der Waals surface area contributed by atoms with Crippen LogP contribution in [0.4, 0.5) is 0 Å². The number of unbranched alkanes of at least 4 members (excludes halogenated alkanes) is 11. The van der Waals surface area contributed by atoms with E-state index in [1.54, 1.807) is 6.07 Å². The highest BCUT2D eigenvalue weighted by Crippen LogP contribution is 2.38. The van der Waals surface area contributed by atoms with Gasteiger partial charge in [-0.05, 0) is 85.8 Å². The Hall–Kier alpha value is -2.60. The SMILES string of the molecule is CCCCCCCCCc1ccc(OC(=O)c2ccc(C3CCC(CCCCCCCC)CC3)cc2)c(C#N)c1. The molecule has 1 saturated carbocycles. The van der Waals surface area contributed by atoms with Crippen molar-refractivity contribution in [2.45, 2.75) is 142 Å². The number of carbonyl (C=O) groups is 1. The maximum Gasteiger partial charge on any atom is 0.343 e. The minimum absolute atomic E-state index is 0.351. The number of aryl methyl sites for hydroxylation is 1. The molecule has 1 fully saturated rings. The third-order valence-electron chi connectivity index (χ3n) is 8.87. The first-order chi connectivity index (χ1) is 19.6. The highest BCUT2D eigenvalue weighted by atomic mass is 16.5. The Bertz CT molecular complexity index is 1030. The largest absolute Gasteiger partial charge is 0.422 e. The topological polar surface area (TPSA) is 50.1 Å². The van der Waals surface area contributed by atoms with Gasteiger partial charge < -0.3 is 4.74 Å². The molecule has 2 aromatic carbocycles. The molecule has 2 aromatic rings. The van der Waals surface area contributed by atoms with E-state index in [0.29, 0.717) is 22.8 Å². The van der Waals surface area contributed by atoms with E-state index in [1.165, 1.54) is 115 Å². The lowest BCUT2D eigenvalue weighted by atomic mass is 9.77. The predicted molar refractivity (Wildman–Crippen MR) is 167 cm³/mol. The van der Waals surface area contributed by atoms with Gasteiger partial charge in [0.1, 0.15) is 11.8 Å². The van der Waals surface area contributed by atoms with E-state index in [2.05, 4.69) is 32.0 Å². The molecule has 0 spiro atoms. The summed E-state index contributed by atoms with van der Waals surface area (Å²) in [6.45, 7) is 4.52. The van der Waals surface area contributed by atoms with Gasteiger partial charge >= 0.3 is 5.97 Å². The summed E-state index contributed by atoms with van der Waals surface area (Å²) in [4.78, 5) is 12.9. The summed E-state index contributed by atoms with van der Waals surface area (Å²) < 4.78 is 5.66. The van der Waals surface area contributed by atoms with Crippen molar-refractivity contribution in [3.8, 4) is 11.8 Å². The fraction of sp³-hybridized carbons (Fsp3) is 0.622. The van der Waals surface area contributed by atoms with Gasteiger partial charge in [0.05, 0.1) is 11.1 Å². The number of ether oxygens (including phenoxy) is 1. The maximum absolute atomic E-state index is 12.9. The minimum Gasteiger partial charge on any atom is -0.422 e. The van der Waals surface area contributed by atoms with Gasteiger partial charge in [-0.2, -0.15) is 5.26 Å². The molecule has 1 aliphatic rings. The van der Waals surface area contributed by atoms with Crippen LogP contribution in [-0.2, 0) is 6.42 Å². The molecule has 0 aliphatic heterocycles. The number of benzene rings is 2. The zero-order valence-electron chi connectivity index (χ0n) is 25.4. The van der Waals surface area contributed by atoms with Crippen molar-refractivity contribution in [3.05, 3.63) is 64.7 Å². The van der Waals surface area contributed by atoms with E-state index < -0.39 is 5.97 Å². The van der Waals surface area contributed by atoms with Gasteiger partial charge in [-0.15, -0.1) is 0 Å². The molecule has 1 aliphatic carbocycles. The fourth-order valence-corrected chi connectivity index (χ4v) is 6.24. The van der Waals surface area contributed by atoms with Gasteiger partial charge in [0.15, 0.2) is 0 Å². The van der Waals surface area contributed by atoms with E-state index in [1.807, 2.05) is 24.3 Å². The van der Waals surface area contributed by atoms with Crippen LogP contribution in [0.2, 0.25) is 0 Å². The van der Waals surface area contributed by atoms with Crippen LogP contribution in [0.15, 0.2) is 42.5 Å². The molecular weight excluding hydrogens is 490 g/mol. The van der Waals surface area contributed by atoms with Crippen molar-refractivity contribution in [1.82, 2.24) is 0 Å². The highest BCUT2D eigenvalue weighted by Gasteiger charge is 2.22. The molecule has 0 saturated heterocycles. The summed E-state index contributed by atoms with van der Waals surface area (Å²) in [7, 11) is 0. The normalized spacial score (nSPS) is 16.9. The van der Waals surface area contributed by atoms with Crippen LogP contribution in [0.3, 0.4) is 0 Å². The monoisotopic (exact) mass is 543 g/mol. The average Bonchev–Trinajstić information content (AvgIpc) is 2.99. The molecule has 40 heavy (non-hydrogen) atoms. The first-order valence-corrected chi connectivity index (χ1v) is 16.5. The fourth-order valence-electron chi connectivity index (χ4n) is 6.24. The smallest absolute Gasteiger partial charge is 0.343 e. The zero-order valence-corrected chi connectivity index (χ0v) is 25.4. The van der Waals surface area contributed by atoms with Crippen molar-refractivity contribution < 1.29 is 9.53 Å². The third-order valence-corrected chi connectivity index (χ3v) is 8.87. The summed E-state index contributed by atoms with van der Waals surface area (Å²) in [5, 5.41) is 9.67. The van der Waals surface area contributed by atoms with Crippen LogP contribution in [0.5, 0.6) is 5.75 Å². The Labute approximate surface area is 244 Å². The van der Waals surface area contributed by atoms with Crippen LogP contribution < -0.4 is 4.74 Å². The average molecular weight is 544 g/mol. The van der Waals surface area contributed by atoms with E-state index >= 15 is 0 Å². The Morgan fingerprint density at radius 3 is 2.00 bits per heavy atom. The number of hydrogen-bond donors (Lipinski definition) is 0. The van der Waals surface area contributed by atoms with Crippen LogP contribution >= 0.6 is 0 Å². The number of rotatable bonds is 18. The van der Waals surface area contributed by atoms with Gasteiger partial charge in [0.2, 0.25) is 0 Å². The van der Waals surface area contributed by atoms with Crippen molar-refractivity contribution in [1.29, 1.82) is 5.26 Å². The molecule has 218 valence electrons. The van der Waals surface area contributed by atoms with Crippen LogP contribution in [-0.4, -0.2) is 5.97 Å². The minimum atomic E-state index is -0.398. The zero-order chi connectivity index (χ0) is 28.4. The number of nitrogens with zero attached hydrogens (tertiary/aromatic N) is 1. The lowest BCUT2D eigenvalue weighted by Gasteiger charge is -2.29. The molecule has 0 bridgehead atoms. The maximum atomic E-state index is 12.9. The lowest BCUT2D eigenvalue weighted by Crippen LogP contribution is -2.14. The quantitative estimate of drug-likeness (QED) is 0.107. The first-order valence-electron chi connectivity index (χ1n) is 16.5. The van der Waals surface area contributed by atoms with Gasteiger partial charge in [-0.3, -0.25) is 0 Å². The second-order valence-electron chi connectivity index (χ2n) is 12.1.